The summed E-state index contributed by atoms with van der Waals surface area (Å²) in [6.45, 7) is 1.61. The van der Waals surface area contributed by atoms with Crippen LogP contribution in [0, 0.1) is 0 Å². The fourth-order valence-electron chi connectivity index (χ4n) is 5.69. The molecule has 6 nitrogen and oxygen atoms in total. The predicted octanol–water partition coefficient (Wildman–Crippen LogP) is 8.31. The minimum Gasteiger partial charge on any atom is -0.392 e. The van der Waals surface area contributed by atoms with Gasteiger partial charge in [-0.2, -0.15) is 0 Å². The molecule has 1 aromatic heterocycles. The van der Waals surface area contributed by atoms with E-state index in [1.165, 1.54) is 11.3 Å². The first kappa shape index (κ1) is 33.5. The van der Waals surface area contributed by atoms with E-state index in [1.54, 1.807) is 0 Å². The summed E-state index contributed by atoms with van der Waals surface area (Å²) in [6, 6.07) is 42.2. The Balaban J connectivity index is 1.35. The van der Waals surface area contributed by atoms with Gasteiger partial charge in [-0.1, -0.05) is 133 Å². The molecule has 0 aliphatic carbocycles. The zero-order valence-corrected chi connectivity index (χ0v) is 27.6. The van der Waals surface area contributed by atoms with Crippen LogP contribution in [-0.4, -0.2) is 36.1 Å². The molecule has 6 rings (SSSR count). The lowest BCUT2D eigenvalue weighted by molar-refractivity contribution is -0.274. The minimum absolute atomic E-state index is 0.169. The van der Waals surface area contributed by atoms with Crippen molar-refractivity contribution in [1.29, 1.82) is 0 Å². The molecule has 0 amide bonds. The van der Waals surface area contributed by atoms with Gasteiger partial charge in [0.25, 0.3) is 0 Å². The summed E-state index contributed by atoms with van der Waals surface area (Å²) in [7, 11) is 0. The lowest BCUT2D eigenvalue weighted by Gasteiger charge is -2.46. The van der Waals surface area contributed by atoms with Crippen LogP contribution in [0.3, 0.4) is 0 Å². The van der Waals surface area contributed by atoms with Gasteiger partial charge in [0.1, 0.15) is 30.5 Å². The first-order valence-electron chi connectivity index (χ1n) is 15.8. The summed E-state index contributed by atoms with van der Waals surface area (Å²) in [4.78, 5) is 0.847. The van der Waals surface area contributed by atoms with Crippen molar-refractivity contribution in [2.24, 2.45) is 0 Å². The second-order valence-corrected chi connectivity index (χ2v) is 13.2. The van der Waals surface area contributed by atoms with Crippen molar-refractivity contribution in [2.45, 2.75) is 63.6 Å². The fraction of sp³-hybridized carbons (Fsp3) is 0.282. The van der Waals surface area contributed by atoms with Gasteiger partial charge >= 0.3 is 0 Å². The Bertz CT molecular complexity index is 1620. The Morgan fingerprint density at radius 2 is 1.04 bits per heavy atom. The smallest absolute Gasteiger partial charge is 0.121 e. The van der Waals surface area contributed by atoms with Crippen LogP contribution in [0.5, 0.6) is 0 Å². The van der Waals surface area contributed by atoms with Crippen LogP contribution in [0.25, 0.3) is 0 Å². The van der Waals surface area contributed by atoms with Crippen LogP contribution in [0.4, 0.5) is 0 Å². The van der Waals surface area contributed by atoms with Crippen molar-refractivity contribution in [2.75, 3.05) is 6.61 Å². The number of rotatable bonds is 15. The van der Waals surface area contributed by atoms with Gasteiger partial charge in [0.05, 0.1) is 44.0 Å². The topological polar surface area (TPSA) is 66.4 Å². The van der Waals surface area contributed by atoms with Crippen LogP contribution >= 0.6 is 22.9 Å². The predicted molar refractivity (Wildman–Crippen MR) is 184 cm³/mol. The molecule has 0 spiro atoms. The molecular weight excluding hydrogens is 632 g/mol. The van der Waals surface area contributed by atoms with Gasteiger partial charge in [0.15, 0.2) is 0 Å². The molecular formula is C39H39ClO6S. The summed E-state index contributed by atoms with van der Waals surface area (Å²) in [5.41, 5.74) is 4.83. The summed E-state index contributed by atoms with van der Waals surface area (Å²) < 4.78 is 34.0. The normalized spacial score (nSPS) is 21.1. The van der Waals surface area contributed by atoms with Crippen LogP contribution in [0.2, 0.25) is 4.34 Å². The Labute approximate surface area is 285 Å². The minimum atomic E-state index is -0.564. The number of halogens is 1. The van der Waals surface area contributed by atoms with E-state index in [9.17, 15) is 5.11 Å². The van der Waals surface area contributed by atoms with Crippen molar-refractivity contribution >= 4 is 22.9 Å². The highest BCUT2D eigenvalue weighted by atomic mass is 35.5. The summed E-state index contributed by atoms with van der Waals surface area (Å²) in [5, 5.41) is 9.99. The molecule has 5 aromatic rings. The maximum atomic E-state index is 9.99. The average molecular weight is 671 g/mol. The molecule has 2 heterocycles. The van der Waals surface area contributed by atoms with E-state index in [0.29, 0.717) is 36.3 Å². The van der Waals surface area contributed by atoms with Gasteiger partial charge in [0, 0.05) is 10.4 Å². The third-order valence-electron chi connectivity index (χ3n) is 8.11. The summed E-state index contributed by atoms with van der Waals surface area (Å²) >= 11 is 7.96. The van der Waals surface area contributed by atoms with Crippen LogP contribution in [-0.2, 0) is 56.7 Å². The van der Waals surface area contributed by atoms with E-state index in [2.05, 4.69) is 0 Å². The molecule has 1 N–H and O–H groups in total. The third-order valence-corrected chi connectivity index (χ3v) is 9.61. The van der Waals surface area contributed by atoms with Crippen molar-refractivity contribution in [3.63, 3.8) is 0 Å². The molecule has 244 valence electrons. The van der Waals surface area contributed by atoms with Crippen molar-refractivity contribution in [3.8, 4) is 0 Å². The number of aliphatic hydroxyl groups excluding tert-OH is 1. The maximum absolute atomic E-state index is 9.99. The number of aliphatic hydroxyl groups is 1. The second-order valence-electron chi connectivity index (χ2n) is 11.5. The van der Waals surface area contributed by atoms with Crippen molar-refractivity contribution in [3.05, 3.63) is 164 Å². The number of hydrogen-bond donors (Lipinski definition) is 1. The molecule has 1 unspecified atom stereocenters. The standard InChI is InChI=1S/C39H39ClO6S/c40-39-32(22-41)21-34(47-39)36-38(45-26-31-19-11-4-12-20-31)37(44-25-30-17-9-3-10-18-30)35(43-24-29-15-7-2-8-16-29)33(46-36)27-42-23-28-13-5-1-6-14-28/h1-21,33,35-38,41H,22-27H2/t33-,35-,36?,37+,38+/m1/s1. The molecule has 0 saturated carbocycles. The molecule has 0 radical (unpaired) electrons. The van der Waals surface area contributed by atoms with E-state index in [0.717, 1.165) is 27.1 Å². The van der Waals surface area contributed by atoms with Crippen molar-refractivity contribution < 1.29 is 28.8 Å². The number of thiophene rings is 1. The van der Waals surface area contributed by atoms with Gasteiger partial charge < -0.3 is 28.8 Å². The van der Waals surface area contributed by atoms with Gasteiger partial charge in [0.2, 0.25) is 0 Å². The van der Waals surface area contributed by atoms with Gasteiger partial charge in [-0.15, -0.1) is 11.3 Å². The zero-order valence-electron chi connectivity index (χ0n) is 26.0. The summed E-state index contributed by atoms with van der Waals surface area (Å²) in [5.74, 6) is 0. The molecule has 4 aromatic carbocycles. The van der Waals surface area contributed by atoms with E-state index < -0.39 is 30.5 Å². The highest BCUT2D eigenvalue weighted by molar-refractivity contribution is 7.16. The van der Waals surface area contributed by atoms with Crippen LogP contribution < -0.4 is 0 Å². The highest BCUT2D eigenvalue weighted by Gasteiger charge is 2.49. The molecule has 5 atom stereocenters. The Morgan fingerprint density at radius 3 is 1.51 bits per heavy atom. The zero-order chi connectivity index (χ0) is 32.3. The van der Waals surface area contributed by atoms with Crippen LogP contribution in [0.1, 0.15) is 38.8 Å². The molecule has 8 heteroatoms. The molecule has 1 aliphatic rings. The Hall–Kier alpha value is -3.37. The first-order valence-corrected chi connectivity index (χ1v) is 17.0. The fourth-order valence-corrected chi connectivity index (χ4v) is 7.04. The maximum Gasteiger partial charge on any atom is 0.121 e. The van der Waals surface area contributed by atoms with Gasteiger partial charge in [-0.25, -0.2) is 0 Å². The SMILES string of the molecule is OCc1cc(C2O[C@H](COCc3ccccc3)[C@@H](OCc3ccccc3)[C@H](OCc3ccccc3)[C@H]2OCc2ccccc2)sc1Cl. The van der Waals surface area contributed by atoms with Gasteiger partial charge in [-0.3, -0.25) is 0 Å². The van der Waals surface area contributed by atoms with E-state index in [4.69, 9.17) is 35.3 Å². The van der Waals surface area contributed by atoms with E-state index >= 15 is 0 Å². The summed E-state index contributed by atoms with van der Waals surface area (Å²) in [6.07, 6.45) is -2.68. The number of benzene rings is 4. The van der Waals surface area contributed by atoms with Gasteiger partial charge in [-0.05, 0) is 28.3 Å². The lowest BCUT2D eigenvalue weighted by Crippen LogP contribution is -2.58. The van der Waals surface area contributed by atoms with E-state index in [-0.39, 0.29) is 13.2 Å². The molecule has 0 bridgehead atoms. The average Bonchev–Trinajstić information content (AvgIpc) is 3.51. The molecule has 47 heavy (non-hydrogen) atoms. The molecule has 1 aliphatic heterocycles. The third kappa shape index (κ3) is 9.16. The van der Waals surface area contributed by atoms with E-state index in [1.807, 2.05) is 127 Å². The number of ether oxygens (including phenoxy) is 5. The monoisotopic (exact) mass is 670 g/mol. The van der Waals surface area contributed by atoms with Crippen molar-refractivity contribution in [1.82, 2.24) is 0 Å². The molecule has 1 saturated heterocycles. The Morgan fingerprint density at radius 1 is 0.596 bits per heavy atom. The molecule has 1 fully saturated rings. The lowest BCUT2D eigenvalue weighted by atomic mass is 9.93. The highest BCUT2D eigenvalue weighted by Crippen LogP contribution is 2.43. The quantitative estimate of drug-likeness (QED) is 0.121. The Kier molecular flexibility index (Phi) is 12.2. The van der Waals surface area contributed by atoms with Crippen LogP contribution in [0.15, 0.2) is 127 Å². The first-order chi connectivity index (χ1) is 23.2. The largest absolute Gasteiger partial charge is 0.392 e. The second kappa shape index (κ2) is 17.2. The number of hydrogen-bond acceptors (Lipinski definition) is 7.